The van der Waals surface area contributed by atoms with Gasteiger partial charge in [0.05, 0.1) is 5.69 Å². The molecule has 0 radical (unpaired) electrons. The van der Waals surface area contributed by atoms with Crippen LogP contribution in [0.4, 0.5) is 10.1 Å². The molecule has 6 heteroatoms. The lowest BCUT2D eigenvalue weighted by atomic mass is 10.1. The Bertz CT molecular complexity index is 1030. The van der Waals surface area contributed by atoms with E-state index in [2.05, 4.69) is 16.3 Å². The Morgan fingerprint density at radius 3 is 2.47 bits per heavy atom. The number of carboxylic acid groups (broad SMARTS) is 1. The third-order valence-corrected chi connectivity index (χ3v) is 5.37. The number of benzene rings is 3. The van der Waals surface area contributed by atoms with E-state index in [4.69, 9.17) is 10.8 Å². The van der Waals surface area contributed by atoms with Crippen LogP contribution in [0.25, 0.3) is 0 Å². The van der Waals surface area contributed by atoms with Gasteiger partial charge in [0.15, 0.2) is 0 Å². The molecule has 0 spiro atoms. The number of anilines is 1. The lowest BCUT2D eigenvalue weighted by Crippen LogP contribution is -2.35. The monoisotopic (exact) mass is 435 g/mol. The molecule has 0 unspecified atom stereocenters. The van der Waals surface area contributed by atoms with Crippen LogP contribution in [-0.2, 0) is 24.4 Å². The van der Waals surface area contributed by atoms with Gasteiger partial charge in [0, 0.05) is 26.2 Å². The lowest BCUT2D eigenvalue weighted by molar-refractivity contribution is -0.138. The van der Waals surface area contributed by atoms with Crippen molar-refractivity contribution in [3.8, 4) is 0 Å². The molecule has 0 saturated carbocycles. The van der Waals surface area contributed by atoms with Gasteiger partial charge in [-0.05, 0) is 36.1 Å². The summed E-state index contributed by atoms with van der Waals surface area (Å²) < 4.78 is 14.8. The van der Waals surface area contributed by atoms with Crippen molar-refractivity contribution >= 4 is 11.7 Å². The number of para-hydroxylation sites is 1. The van der Waals surface area contributed by atoms with Crippen molar-refractivity contribution in [2.45, 2.75) is 39.0 Å². The number of nitrogens with one attached hydrogen (secondary N) is 1. The number of nitrogens with two attached hydrogens (primary N) is 1. The van der Waals surface area contributed by atoms with Crippen LogP contribution in [0.3, 0.4) is 0 Å². The van der Waals surface area contributed by atoms with Gasteiger partial charge in [-0.2, -0.15) is 0 Å². The fraction of sp³-hybridized carbons (Fsp3) is 0.269. The number of aliphatic carboxylic acids is 1. The quantitative estimate of drug-likeness (QED) is 0.412. The minimum Gasteiger partial charge on any atom is -0.480 e. The maximum atomic E-state index is 14.8. The number of hydrogen-bond acceptors (Lipinski definition) is 4. The van der Waals surface area contributed by atoms with Gasteiger partial charge in [-0.3, -0.25) is 9.69 Å². The van der Waals surface area contributed by atoms with Crippen LogP contribution in [0, 0.1) is 12.7 Å². The van der Waals surface area contributed by atoms with E-state index in [1.54, 1.807) is 6.07 Å². The van der Waals surface area contributed by atoms with Crippen molar-refractivity contribution in [3.63, 3.8) is 0 Å². The molecule has 0 amide bonds. The maximum absolute atomic E-state index is 14.8. The van der Waals surface area contributed by atoms with Crippen LogP contribution < -0.4 is 11.1 Å². The number of carbonyl (C=O) groups is 1. The molecule has 0 fully saturated rings. The van der Waals surface area contributed by atoms with E-state index >= 15 is 0 Å². The Morgan fingerprint density at radius 1 is 1.03 bits per heavy atom. The minimum absolute atomic E-state index is 0.308. The molecule has 0 saturated heterocycles. The second-order valence-electron chi connectivity index (χ2n) is 8.05. The van der Waals surface area contributed by atoms with Crippen molar-refractivity contribution in [1.29, 1.82) is 0 Å². The molecule has 4 N–H and O–H groups in total. The SMILES string of the molecule is Cc1cccc(CNc2c(F)cccc2CN(CC[C@H](N)C(=O)O)Cc2ccccc2)c1. The third-order valence-electron chi connectivity index (χ3n) is 5.37. The average Bonchev–Trinajstić information content (AvgIpc) is 2.77. The van der Waals surface area contributed by atoms with Crippen LogP contribution >= 0.6 is 0 Å². The zero-order chi connectivity index (χ0) is 22.9. The molecule has 3 aromatic rings. The summed E-state index contributed by atoms with van der Waals surface area (Å²) in [5.41, 5.74) is 10.3. The Balaban J connectivity index is 1.77. The Labute approximate surface area is 188 Å². The largest absolute Gasteiger partial charge is 0.480 e. The number of aryl methyl sites for hydroxylation is 1. The van der Waals surface area contributed by atoms with Crippen molar-refractivity contribution < 1.29 is 14.3 Å². The van der Waals surface area contributed by atoms with Crippen molar-refractivity contribution in [2.24, 2.45) is 5.73 Å². The van der Waals surface area contributed by atoms with Crippen LogP contribution in [0.15, 0.2) is 72.8 Å². The zero-order valence-electron chi connectivity index (χ0n) is 18.3. The predicted octanol–water partition coefficient (Wildman–Crippen LogP) is 4.55. The topological polar surface area (TPSA) is 78.6 Å². The van der Waals surface area contributed by atoms with Gasteiger partial charge in [-0.25, -0.2) is 4.39 Å². The smallest absolute Gasteiger partial charge is 0.320 e. The van der Waals surface area contributed by atoms with Crippen molar-refractivity contribution in [1.82, 2.24) is 4.90 Å². The average molecular weight is 436 g/mol. The van der Waals surface area contributed by atoms with E-state index in [0.717, 1.165) is 22.3 Å². The van der Waals surface area contributed by atoms with Crippen LogP contribution in [0.5, 0.6) is 0 Å². The van der Waals surface area contributed by atoms with E-state index in [1.165, 1.54) is 6.07 Å². The highest BCUT2D eigenvalue weighted by molar-refractivity contribution is 5.73. The van der Waals surface area contributed by atoms with E-state index in [0.29, 0.717) is 38.3 Å². The summed E-state index contributed by atoms with van der Waals surface area (Å²) in [5.74, 6) is -1.33. The van der Waals surface area contributed by atoms with E-state index in [1.807, 2.05) is 61.5 Å². The molecule has 0 aliphatic rings. The predicted molar refractivity (Wildman–Crippen MR) is 126 cm³/mol. The normalized spacial score (nSPS) is 12.0. The van der Waals surface area contributed by atoms with Crippen molar-refractivity contribution in [2.75, 3.05) is 11.9 Å². The summed E-state index contributed by atoms with van der Waals surface area (Å²) in [5, 5.41) is 12.4. The van der Waals surface area contributed by atoms with Gasteiger partial charge >= 0.3 is 5.97 Å². The van der Waals surface area contributed by atoms with Crippen molar-refractivity contribution in [3.05, 3.63) is 101 Å². The number of rotatable bonds is 11. The number of carboxylic acids is 1. The molecule has 168 valence electrons. The van der Waals surface area contributed by atoms with Crippen LogP contribution in [0.1, 0.15) is 28.7 Å². The molecule has 0 aromatic heterocycles. The zero-order valence-corrected chi connectivity index (χ0v) is 18.3. The summed E-state index contributed by atoms with van der Waals surface area (Å²) in [6, 6.07) is 22.1. The summed E-state index contributed by atoms with van der Waals surface area (Å²) in [6.45, 7) is 4.10. The van der Waals surface area contributed by atoms with Gasteiger partial charge in [0.25, 0.3) is 0 Å². The first-order valence-corrected chi connectivity index (χ1v) is 10.7. The molecule has 0 aliphatic heterocycles. The highest BCUT2D eigenvalue weighted by atomic mass is 19.1. The molecule has 0 heterocycles. The lowest BCUT2D eigenvalue weighted by Gasteiger charge is -2.25. The number of halogens is 1. The molecule has 0 bridgehead atoms. The molecule has 0 aliphatic carbocycles. The van der Waals surface area contributed by atoms with Gasteiger partial charge in [-0.15, -0.1) is 0 Å². The molecule has 3 aromatic carbocycles. The van der Waals surface area contributed by atoms with E-state index < -0.39 is 12.0 Å². The number of hydrogen-bond donors (Lipinski definition) is 3. The van der Waals surface area contributed by atoms with E-state index in [-0.39, 0.29) is 5.82 Å². The summed E-state index contributed by atoms with van der Waals surface area (Å²) in [7, 11) is 0. The Hall–Kier alpha value is -3.22. The van der Waals surface area contributed by atoms with Crippen LogP contribution in [-0.4, -0.2) is 28.6 Å². The Kier molecular flexibility index (Phi) is 8.36. The van der Waals surface area contributed by atoms with Gasteiger partial charge in [0.1, 0.15) is 11.9 Å². The highest BCUT2D eigenvalue weighted by Gasteiger charge is 2.17. The molecular formula is C26H30FN3O2. The Morgan fingerprint density at radius 2 is 1.75 bits per heavy atom. The first-order chi connectivity index (χ1) is 15.4. The molecular weight excluding hydrogens is 405 g/mol. The third kappa shape index (κ3) is 6.90. The first kappa shape index (κ1) is 23.4. The summed E-state index contributed by atoms with van der Waals surface area (Å²) in [4.78, 5) is 13.3. The summed E-state index contributed by atoms with van der Waals surface area (Å²) >= 11 is 0. The highest BCUT2D eigenvalue weighted by Crippen LogP contribution is 2.23. The molecule has 32 heavy (non-hydrogen) atoms. The molecule has 3 rings (SSSR count). The molecule has 5 nitrogen and oxygen atoms in total. The van der Waals surface area contributed by atoms with Gasteiger partial charge < -0.3 is 16.2 Å². The maximum Gasteiger partial charge on any atom is 0.320 e. The van der Waals surface area contributed by atoms with Gasteiger partial charge in [-0.1, -0.05) is 72.3 Å². The summed E-state index contributed by atoms with van der Waals surface area (Å²) in [6.07, 6.45) is 0.309. The van der Waals surface area contributed by atoms with Crippen LogP contribution in [0.2, 0.25) is 0 Å². The fourth-order valence-electron chi connectivity index (χ4n) is 3.65. The van der Waals surface area contributed by atoms with E-state index in [9.17, 15) is 9.18 Å². The second-order valence-corrected chi connectivity index (χ2v) is 8.05. The second kappa shape index (κ2) is 11.4. The number of nitrogens with zero attached hydrogens (tertiary/aromatic N) is 1. The van der Waals surface area contributed by atoms with Gasteiger partial charge in [0.2, 0.25) is 0 Å². The minimum atomic E-state index is -1.02. The fourth-order valence-corrected chi connectivity index (χ4v) is 3.65. The first-order valence-electron chi connectivity index (χ1n) is 10.7. The standard InChI is InChI=1S/C26H30FN3O2/c1-19-7-5-10-21(15-19)16-29-25-22(11-6-12-23(25)27)18-30(14-13-24(28)26(31)32)17-20-8-3-2-4-9-20/h2-12,15,24,29H,13-14,16-18,28H2,1H3,(H,31,32)/t24-/m0/s1. The molecule has 1 atom stereocenters.